The van der Waals surface area contributed by atoms with Gasteiger partial charge in [-0.15, -0.1) is 0 Å². The predicted octanol–water partition coefficient (Wildman–Crippen LogP) is 3.41. The van der Waals surface area contributed by atoms with Gasteiger partial charge >= 0.3 is 6.18 Å². The topological polar surface area (TPSA) is 38.3 Å². The lowest BCUT2D eigenvalue weighted by molar-refractivity contribution is -0.162. The minimum atomic E-state index is -4.49. The van der Waals surface area contributed by atoms with Crippen molar-refractivity contribution in [2.24, 2.45) is 5.92 Å². The molecule has 1 N–H and O–H groups in total. The smallest absolute Gasteiger partial charge is 0.409 e. The number of carbonyl (C=O) groups excluding carboxylic acids is 1. The standard InChI is InChI=1S/C13H22F3NO2/c1-5-19-11(7-6-9(2)3)8-12(13(14,15)16)17-10(4)18/h7,9,12H,5-6,8H2,1-4H3,(H,17,18). The summed E-state index contributed by atoms with van der Waals surface area (Å²) in [5.74, 6) is -0.102. The van der Waals surface area contributed by atoms with Crippen LogP contribution in [0.3, 0.4) is 0 Å². The van der Waals surface area contributed by atoms with E-state index in [9.17, 15) is 18.0 Å². The number of amides is 1. The van der Waals surface area contributed by atoms with Gasteiger partial charge in [0.2, 0.25) is 5.91 Å². The molecule has 0 aliphatic carbocycles. The average Bonchev–Trinajstić information content (AvgIpc) is 2.23. The number of allylic oxidation sites excluding steroid dienone is 1. The summed E-state index contributed by atoms with van der Waals surface area (Å²) in [6, 6.07) is -1.91. The Balaban J connectivity index is 4.83. The molecule has 19 heavy (non-hydrogen) atoms. The van der Waals surface area contributed by atoms with Gasteiger partial charge in [0.25, 0.3) is 0 Å². The van der Waals surface area contributed by atoms with Crippen LogP contribution in [0.15, 0.2) is 11.8 Å². The van der Waals surface area contributed by atoms with E-state index in [4.69, 9.17) is 4.74 Å². The monoisotopic (exact) mass is 281 g/mol. The third-order valence-corrected chi connectivity index (χ3v) is 2.32. The molecule has 0 spiro atoms. The molecule has 0 aliphatic heterocycles. The highest BCUT2D eigenvalue weighted by atomic mass is 19.4. The molecule has 0 saturated heterocycles. The van der Waals surface area contributed by atoms with E-state index in [0.717, 1.165) is 6.92 Å². The van der Waals surface area contributed by atoms with E-state index in [1.165, 1.54) is 0 Å². The van der Waals surface area contributed by atoms with Crippen molar-refractivity contribution in [3.05, 3.63) is 11.8 Å². The van der Waals surface area contributed by atoms with Gasteiger partial charge in [-0.2, -0.15) is 13.2 Å². The first-order valence-electron chi connectivity index (χ1n) is 6.32. The number of ether oxygens (including phenoxy) is 1. The van der Waals surface area contributed by atoms with E-state index < -0.39 is 18.1 Å². The molecule has 0 fully saturated rings. The van der Waals surface area contributed by atoms with Crippen LogP contribution in [-0.4, -0.2) is 24.7 Å². The molecular weight excluding hydrogens is 259 g/mol. The van der Waals surface area contributed by atoms with Crippen molar-refractivity contribution in [3.63, 3.8) is 0 Å². The zero-order valence-electron chi connectivity index (χ0n) is 11.8. The van der Waals surface area contributed by atoms with Crippen LogP contribution < -0.4 is 5.32 Å². The number of hydrogen-bond donors (Lipinski definition) is 1. The van der Waals surface area contributed by atoms with Crippen molar-refractivity contribution in [1.82, 2.24) is 5.32 Å². The fourth-order valence-electron chi connectivity index (χ4n) is 1.45. The summed E-state index contributed by atoms with van der Waals surface area (Å²) in [7, 11) is 0. The fourth-order valence-corrected chi connectivity index (χ4v) is 1.45. The highest BCUT2D eigenvalue weighted by Gasteiger charge is 2.40. The molecule has 1 atom stereocenters. The van der Waals surface area contributed by atoms with Gasteiger partial charge in [0.1, 0.15) is 6.04 Å². The van der Waals surface area contributed by atoms with E-state index in [2.05, 4.69) is 0 Å². The van der Waals surface area contributed by atoms with Gasteiger partial charge in [-0.3, -0.25) is 4.79 Å². The molecule has 0 aliphatic rings. The Morgan fingerprint density at radius 2 is 1.95 bits per heavy atom. The van der Waals surface area contributed by atoms with Gasteiger partial charge in [-0.1, -0.05) is 13.8 Å². The van der Waals surface area contributed by atoms with Crippen molar-refractivity contribution in [3.8, 4) is 0 Å². The van der Waals surface area contributed by atoms with Gasteiger partial charge in [0.15, 0.2) is 0 Å². The van der Waals surface area contributed by atoms with Crippen LogP contribution in [0.25, 0.3) is 0 Å². The Labute approximate surface area is 112 Å². The average molecular weight is 281 g/mol. The van der Waals surface area contributed by atoms with Crippen molar-refractivity contribution in [2.75, 3.05) is 6.61 Å². The van der Waals surface area contributed by atoms with Gasteiger partial charge in [0, 0.05) is 13.3 Å². The minimum Gasteiger partial charge on any atom is -0.498 e. The molecule has 0 rings (SSSR count). The first-order chi connectivity index (χ1) is 8.66. The molecule has 0 aromatic carbocycles. The largest absolute Gasteiger partial charge is 0.498 e. The predicted molar refractivity (Wildman–Crippen MR) is 67.4 cm³/mol. The second-order valence-electron chi connectivity index (χ2n) is 4.73. The molecule has 0 aromatic rings. The Kier molecular flexibility index (Phi) is 7.56. The third kappa shape index (κ3) is 8.51. The summed E-state index contributed by atoms with van der Waals surface area (Å²) in [5, 5.41) is 1.91. The van der Waals surface area contributed by atoms with Crippen LogP contribution in [0.5, 0.6) is 0 Å². The fraction of sp³-hybridized carbons (Fsp3) is 0.769. The maximum atomic E-state index is 12.8. The number of hydrogen-bond acceptors (Lipinski definition) is 2. The number of rotatable bonds is 7. The van der Waals surface area contributed by atoms with Crippen molar-refractivity contribution in [2.45, 2.75) is 52.8 Å². The molecule has 0 radical (unpaired) electrons. The summed E-state index contributed by atoms with van der Waals surface area (Å²) >= 11 is 0. The molecule has 0 saturated carbocycles. The van der Waals surface area contributed by atoms with Crippen LogP contribution >= 0.6 is 0 Å². The van der Waals surface area contributed by atoms with Gasteiger partial charge < -0.3 is 10.1 Å². The Hall–Kier alpha value is -1.20. The van der Waals surface area contributed by atoms with Crippen LogP contribution in [-0.2, 0) is 9.53 Å². The molecule has 0 heterocycles. The molecule has 0 bridgehead atoms. The van der Waals surface area contributed by atoms with E-state index in [1.807, 2.05) is 19.2 Å². The molecule has 1 amide bonds. The highest BCUT2D eigenvalue weighted by molar-refractivity contribution is 5.73. The normalized spacial score (nSPS) is 14.4. The molecule has 0 aromatic heterocycles. The van der Waals surface area contributed by atoms with Crippen LogP contribution in [0.4, 0.5) is 13.2 Å². The van der Waals surface area contributed by atoms with Gasteiger partial charge in [0.05, 0.1) is 12.4 Å². The maximum Gasteiger partial charge on any atom is 0.409 e. The maximum absolute atomic E-state index is 12.8. The molecule has 6 heteroatoms. The molecule has 1 unspecified atom stereocenters. The zero-order valence-corrected chi connectivity index (χ0v) is 11.8. The van der Waals surface area contributed by atoms with Crippen molar-refractivity contribution < 1.29 is 22.7 Å². The minimum absolute atomic E-state index is 0.271. The number of alkyl halides is 3. The van der Waals surface area contributed by atoms with Gasteiger partial charge in [-0.05, 0) is 25.3 Å². The summed E-state index contributed by atoms with van der Waals surface area (Å²) in [5.41, 5.74) is 0. The van der Waals surface area contributed by atoms with E-state index in [1.54, 1.807) is 13.0 Å². The first-order valence-corrected chi connectivity index (χ1v) is 6.32. The lowest BCUT2D eigenvalue weighted by atomic mass is 10.1. The number of carbonyl (C=O) groups is 1. The zero-order chi connectivity index (χ0) is 15.1. The summed E-state index contributed by atoms with van der Waals surface area (Å²) in [6.45, 7) is 7.01. The lowest BCUT2D eigenvalue weighted by Gasteiger charge is -2.22. The number of nitrogens with one attached hydrogen (secondary N) is 1. The molecule has 3 nitrogen and oxygen atoms in total. The SMILES string of the molecule is CCOC(=CCC(C)C)CC(NC(C)=O)C(F)(F)F. The van der Waals surface area contributed by atoms with E-state index in [-0.39, 0.29) is 12.2 Å². The van der Waals surface area contributed by atoms with Crippen molar-refractivity contribution in [1.29, 1.82) is 0 Å². The highest BCUT2D eigenvalue weighted by Crippen LogP contribution is 2.26. The Morgan fingerprint density at radius 3 is 2.32 bits per heavy atom. The summed E-state index contributed by atoms with van der Waals surface area (Å²) < 4.78 is 43.6. The van der Waals surface area contributed by atoms with Crippen LogP contribution in [0.1, 0.15) is 40.5 Å². The van der Waals surface area contributed by atoms with Crippen molar-refractivity contribution >= 4 is 5.91 Å². The third-order valence-electron chi connectivity index (χ3n) is 2.32. The van der Waals surface area contributed by atoms with Crippen LogP contribution in [0.2, 0.25) is 0 Å². The Morgan fingerprint density at radius 1 is 1.37 bits per heavy atom. The van der Waals surface area contributed by atoms with E-state index in [0.29, 0.717) is 18.9 Å². The van der Waals surface area contributed by atoms with E-state index >= 15 is 0 Å². The Bertz CT molecular complexity index is 312. The molecule has 112 valence electrons. The second kappa shape index (κ2) is 8.07. The number of halogens is 3. The summed E-state index contributed by atoms with van der Waals surface area (Å²) in [6.07, 6.45) is -2.56. The quantitative estimate of drug-likeness (QED) is 0.726. The first kappa shape index (κ1) is 17.8. The summed E-state index contributed by atoms with van der Waals surface area (Å²) in [4.78, 5) is 10.8. The molecular formula is C13H22F3NO2. The second-order valence-corrected chi connectivity index (χ2v) is 4.73. The van der Waals surface area contributed by atoms with Gasteiger partial charge in [-0.25, -0.2) is 0 Å². The van der Waals surface area contributed by atoms with Crippen LogP contribution in [0, 0.1) is 5.92 Å². The lowest BCUT2D eigenvalue weighted by Crippen LogP contribution is -2.44.